The second-order valence-electron chi connectivity index (χ2n) is 4.37. The number of hydrogen-bond donors (Lipinski definition) is 1. The molecule has 0 spiro atoms. The van der Waals surface area contributed by atoms with Crippen molar-refractivity contribution in [2.24, 2.45) is 5.92 Å². The maximum atomic E-state index is 11.1. The van der Waals surface area contributed by atoms with Crippen molar-refractivity contribution in [3.63, 3.8) is 0 Å². The average molecular weight is 280 g/mol. The molecule has 0 saturated carbocycles. The van der Waals surface area contributed by atoms with Crippen LogP contribution in [0.1, 0.15) is 32.5 Å². The summed E-state index contributed by atoms with van der Waals surface area (Å²) in [7, 11) is 1.29. The molecular weight excluding hydrogens is 266 g/mol. The predicted octanol–water partition coefficient (Wildman–Crippen LogP) is 1.26. The summed E-state index contributed by atoms with van der Waals surface area (Å²) < 4.78 is 27.8. The highest BCUT2D eigenvalue weighted by Crippen LogP contribution is 2.38. The number of ether oxygens (including phenoxy) is 1. The van der Waals surface area contributed by atoms with Crippen LogP contribution in [0.15, 0.2) is 5.16 Å². The summed E-state index contributed by atoms with van der Waals surface area (Å²) in [4.78, 5) is 3.93. The van der Waals surface area contributed by atoms with E-state index in [-0.39, 0.29) is 29.2 Å². The molecule has 0 aromatic carbocycles. The van der Waals surface area contributed by atoms with Gasteiger partial charge in [-0.15, -0.1) is 5.10 Å². The minimum Gasteiger partial charge on any atom is -0.374 e. The van der Waals surface area contributed by atoms with Gasteiger partial charge in [-0.25, -0.2) is 13.4 Å². The van der Waals surface area contributed by atoms with E-state index >= 15 is 0 Å². The number of aromatic nitrogens is 3. The van der Waals surface area contributed by atoms with Crippen LogP contribution in [-0.2, 0) is 13.8 Å². The lowest BCUT2D eigenvalue weighted by Crippen LogP contribution is -2.16. The van der Waals surface area contributed by atoms with Gasteiger partial charge in [0.05, 0.1) is 12.2 Å². The van der Waals surface area contributed by atoms with E-state index in [4.69, 9.17) is 15.4 Å². The van der Waals surface area contributed by atoms with Gasteiger partial charge in [-0.3, -0.25) is 5.10 Å². The van der Waals surface area contributed by atoms with Gasteiger partial charge < -0.3 is 4.74 Å². The molecule has 0 radical (unpaired) electrons. The molecule has 0 bridgehead atoms. The van der Waals surface area contributed by atoms with Gasteiger partial charge in [-0.05, 0) is 19.8 Å². The molecule has 96 valence electrons. The summed E-state index contributed by atoms with van der Waals surface area (Å²) in [5.41, 5.74) is 0. The van der Waals surface area contributed by atoms with E-state index < -0.39 is 9.05 Å². The van der Waals surface area contributed by atoms with Crippen LogP contribution in [0, 0.1) is 5.92 Å². The minimum atomic E-state index is -3.88. The molecule has 1 aromatic rings. The second-order valence-corrected chi connectivity index (χ2v) is 6.83. The average Bonchev–Trinajstić information content (AvgIpc) is 2.73. The first-order valence-electron chi connectivity index (χ1n) is 5.33. The molecule has 4 unspecified atom stereocenters. The van der Waals surface area contributed by atoms with Crippen LogP contribution in [0.5, 0.6) is 0 Å². The normalized spacial score (nSPS) is 34.1. The highest BCUT2D eigenvalue weighted by Gasteiger charge is 2.40. The largest absolute Gasteiger partial charge is 0.374 e. The van der Waals surface area contributed by atoms with Gasteiger partial charge in [0.2, 0.25) is 0 Å². The van der Waals surface area contributed by atoms with Crippen molar-refractivity contribution in [3.05, 3.63) is 5.82 Å². The quantitative estimate of drug-likeness (QED) is 0.824. The minimum absolute atomic E-state index is 0.00432. The lowest BCUT2D eigenvalue weighted by Gasteiger charge is -2.14. The number of halogens is 1. The highest BCUT2D eigenvalue weighted by atomic mass is 35.7. The molecule has 4 atom stereocenters. The van der Waals surface area contributed by atoms with Crippen LogP contribution in [0.25, 0.3) is 0 Å². The molecule has 17 heavy (non-hydrogen) atoms. The number of nitrogens with one attached hydrogen (secondary N) is 1. The summed E-state index contributed by atoms with van der Waals surface area (Å²) in [6, 6.07) is 0. The van der Waals surface area contributed by atoms with Gasteiger partial charge in [0.25, 0.3) is 14.2 Å². The highest BCUT2D eigenvalue weighted by molar-refractivity contribution is 8.13. The molecule has 6 nitrogen and oxygen atoms in total. The van der Waals surface area contributed by atoms with Gasteiger partial charge >= 0.3 is 0 Å². The molecule has 1 aliphatic rings. The summed E-state index contributed by atoms with van der Waals surface area (Å²) >= 11 is 0. The smallest absolute Gasteiger partial charge is 0.298 e. The summed E-state index contributed by atoms with van der Waals surface area (Å²) in [6.45, 7) is 5.95. The molecule has 0 amide bonds. The van der Waals surface area contributed by atoms with Crippen LogP contribution >= 0.6 is 10.7 Å². The topological polar surface area (TPSA) is 84.9 Å². The van der Waals surface area contributed by atoms with Crippen LogP contribution < -0.4 is 0 Å². The van der Waals surface area contributed by atoms with Gasteiger partial charge in [0.1, 0.15) is 5.82 Å². The molecule has 8 heteroatoms. The Hall–Kier alpha value is -0.660. The van der Waals surface area contributed by atoms with Gasteiger partial charge in [-0.1, -0.05) is 6.92 Å². The fourth-order valence-electron chi connectivity index (χ4n) is 2.25. The Kier molecular flexibility index (Phi) is 3.17. The van der Waals surface area contributed by atoms with Crippen LogP contribution in [0.4, 0.5) is 0 Å². The summed E-state index contributed by atoms with van der Waals surface area (Å²) in [5.74, 6) is 0.752. The Labute approximate surface area is 104 Å². The third kappa shape index (κ3) is 2.31. The van der Waals surface area contributed by atoms with E-state index in [0.717, 1.165) is 0 Å². The van der Waals surface area contributed by atoms with Crippen LogP contribution in [0.2, 0.25) is 0 Å². The number of nitrogens with zero attached hydrogens (tertiary/aromatic N) is 2. The summed E-state index contributed by atoms with van der Waals surface area (Å²) in [5, 5.41) is 5.86. The van der Waals surface area contributed by atoms with Crippen molar-refractivity contribution in [2.45, 2.75) is 44.1 Å². The molecule has 2 heterocycles. The van der Waals surface area contributed by atoms with Crippen LogP contribution in [0.3, 0.4) is 0 Å². The van der Waals surface area contributed by atoms with E-state index in [2.05, 4.69) is 15.2 Å². The lowest BCUT2D eigenvalue weighted by atomic mass is 9.89. The first-order valence-corrected chi connectivity index (χ1v) is 7.64. The zero-order valence-corrected chi connectivity index (χ0v) is 11.3. The molecule has 1 saturated heterocycles. The fourth-order valence-corrected chi connectivity index (χ4v) is 2.82. The van der Waals surface area contributed by atoms with Crippen molar-refractivity contribution < 1.29 is 13.2 Å². The van der Waals surface area contributed by atoms with E-state index in [1.807, 2.05) is 20.8 Å². The number of hydrogen-bond acceptors (Lipinski definition) is 5. The zero-order valence-electron chi connectivity index (χ0n) is 9.71. The maximum absolute atomic E-state index is 11.1. The monoisotopic (exact) mass is 279 g/mol. The van der Waals surface area contributed by atoms with Gasteiger partial charge in [0.15, 0.2) is 0 Å². The van der Waals surface area contributed by atoms with Crippen molar-refractivity contribution in [1.29, 1.82) is 0 Å². The third-order valence-corrected chi connectivity index (χ3v) is 4.29. The van der Waals surface area contributed by atoms with E-state index in [0.29, 0.717) is 5.82 Å². The maximum Gasteiger partial charge on any atom is 0.298 e. The second kappa shape index (κ2) is 4.22. The van der Waals surface area contributed by atoms with E-state index in [1.54, 1.807) is 0 Å². The first-order chi connectivity index (χ1) is 7.80. The standard InChI is InChI=1S/C9H14ClN3O3S/c1-4-5(2)16-6(3)7(4)8-11-9(13-12-8)17(10,14)15/h4-7H,1-3H3,(H,11,12,13). The third-order valence-electron chi connectivity index (χ3n) is 3.26. The Bertz CT molecular complexity index is 515. The van der Waals surface area contributed by atoms with Crippen molar-refractivity contribution in [2.75, 3.05) is 0 Å². The Morgan fingerprint density at radius 3 is 2.35 bits per heavy atom. The molecule has 2 rings (SSSR count). The molecule has 1 N–H and O–H groups in total. The van der Waals surface area contributed by atoms with Gasteiger partial charge in [-0.2, -0.15) is 0 Å². The van der Waals surface area contributed by atoms with E-state index in [1.165, 1.54) is 0 Å². The van der Waals surface area contributed by atoms with E-state index in [9.17, 15) is 8.42 Å². The number of rotatable bonds is 2. The lowest BCUT2D eigenvalue weighted by molar-refractivity contribution is 0.0553. The van der Waals surface area contributed by atoms with Crippen molar-refractivity contribution in [1.82, 2.24) is 15.2 Å². The number of aromatic amines is 1. The Morgan fingerprint density at radius 2 is 1.94 bits per heavy atom. The summed E-state index contributed by atoms with van der Waals surface area (Å²) in [6.07, 6.45) is 0.0787. The Balaban J connectivity index is 2.32. The molecule has 1 fully saturated rings. The Morgan fingerprint density at radius 1 is 1.29 bits per heavy atom. The fraction of sp³-hybridized carbons (Fsp3) is 0.778. The van der Waals surface area contributed by atoms with Crippen molar-refractivity contribution >= 4 is 19.7 Å². The van der Waals surface area contributed by atoms with Gasteiger partial charge in [0, 0.05) is 16.6 Å². The van der Waals surface area contributed by atoms with Crippen LogP contribution in [-0.4, -0.2) is 35.8 Å². The van der Waals surface area contributed by atoms with Crippen molar-refractivity contribution in [3.8, 4) is 0 Å². The SMILES string of the molecule is CC1OC(C)C(c2nc(S(=O)(=O)Cl)n[nH]2)C1C. The molecule has 1 aliphatic heterocycles. The first kappa shape index (κ1) is 12.8. The number of H-pyrrole nitrogens is 1. The predicted molar refractivity (Wildman–Crippen MR) is 61.3 cm³/mol. The molecule has 1 aromatic heterocycles. The molecular formula is C9H14ClN3O3S. The zero-order chi connectivity index (χ0) is 12.8. The molecule has 0 aliphatic carbocycles.